The van der Waals surface area contributed by atoms with Gasteiger partial charge in [-0.05, 0) is 44.2 Å². The van der Waals surface area contributed by atoms with Crippen molar-refractivity contribution in [2.75, 3.05) is 24.8 Å². The van der Waals surface area contributed by atoms with E-state index in [1.165, 1.54) is 18.4 Å². The lowest BCUT2D eigenvalue weighted by Gasteiger charge is -2.19. The standard InChI is InChI=1S/C11H23NO2S2/c1-15-9-4-3-8-12-10-6-5-7-11(10)16(2,13)14/h10-12H,3-9H2,1-2H3. The fraction of sp³-hybridized carbons (Fsp3) is 1.00. The molecule has 0 radical (unpaired) electrons. The molecule has 1 rings (SSSR count). The predicted molar refractivity (Wildman–Crippen MR) is 71.9 cm³/mol. The van der Waals surface area contributed by atoms with E-state index in [-0.39, 0.29) is 11.3 Å². The number of thioether (sulfide) groups is 1. The first-order valence-electron chi connectivity index (χ1n) is 5.97. The molecular formula is C11H23NO2S2. The SMILES string of the molecule is CSCCCCNC1CCCC1S(C)(=O)=O. The van der Waals surface area contributed by atoms with Crippen molar-refractivity contribution in [1.82, 2.24) is 5.32 Å². The van der Waals surface area contributed by atoms with E-state index in [1.807, 2.05) is 11.8 Å². The normalized spacial score (nSPS) is 26.1. The average Bonchev–Trinajstić information content (AvgIpc) is 2.65. The van der Waals surface area contributed by atoms with Gasteiger partial charge in [0.2, 0.25) is 0 Å². The number of hydrogen-bond acceptors (Lipinski definition) is 4. The van der Waals surface area contributed by atoms with Gasteiger partial charge in [-0.25, -0.2) is 8.42 Å². The summed E-state index contributed by atoms with van der Waals surface area (Å²) in [6, 6.07) is 0.198. The van der Waals surface area contributed by atoms with Gasteiger partial charge in [0, 0.05) is 12.3 Å². The largest absolute Gasteiger partial charge is 0.313 e. The van der Waals surface area contributed by atoms with Gasteiger partial charge in [0.15, 0.2) is 9.84 Å². The maximum atomic E-state index is 11.5. The summed E-state index contributed by atoms with van der Waals surface area (Å²) < 4.78 is 23.1. The van der Waals surface area contributed by atoms with E-state index in [9.17, 15) is 8.42 Å². The highest BCUT2D eigenvalue weighted by atomic mass is 32.2. The second-order valence-corrected chi connectivity index (χ2v) is 7.81. The van der Waals surface area contributed by atoms with Crippen molar-refractivity contribution in [2.24, 2.45) is 0 Å². The predicted octanol–water partition coefficient (Wildman–Crippen LogP) is 1.68. The highest BCUT2D eigenvalue weighted by Crippen LogP contribution is 2.24. The molecular weight excluding hydrogens is 242 g/mol. The second-order valence-electron chi connectivity index (χ2n) is 4.56. The highest BCUT2D eigenvalue weighted by Gasteiger charge is 2.33. The first kappa shape index (κ1) is 14.3. The van der Waals surface area contributed by atoms with Crippen molar-refractivity contribution in [2.45, 2.75) is 43.4 Å². The molecule has 3 nitrogen and oxygen atoms in total. The van der Waals surface area contributed by atoms with Gasteiger partial charge in [-0.1, -0.05) is 6.42 Å². The van der Waals surface area contributed by atoms with Crippen LogP contribution in [-0.4, -0.2) is 44.5 Å². The van der Waals surface area contributed by atoms with Crippen LogP contribution in [0, 0.1) is 0 Å². The molecule has 2 atom stereocenters. The van der Waals surface area contributed by atoms with Crippen molar-refractivity contribution >= 4 is 21.6 Å². The summed E-state index contributed by atoms with van der Waals surface area (Å²) in [5.74, 6) is 1.20. The van der Waals surface area contributed by atoms with Crippen LogP contribution in [0.15, 0.2) is 0 Å². The zero-order valence-electron chi connectivity index (χ0n) is 10.2. The first-order chi connectivity index (χ1) is 7.55. The third kappa shape index (κ3) is 4.63. The summed E-state index contributed by atoms with van der Waals surface area (Å²) in [6.45, 7) is 0.956. The Morgan fingerprint density at radius 1 is 1.31 bits per heavy atom. The molecule has 1 saturated carbocycles. The first-order valence-corrected chi connectivity index (χ1v) is 9.31. The number of nitrogens with one attached hydrogen (secondary N) is 1. The molecule has 0 bridgehead atoms. The van der Waals surface area contributed by atoms with Crippen LogP contribution in [-0.2, 0) is 9.84 Å². The molecule has 1 aliphatic carbocycles. The third-order valence-corrected chi connectivity index (χ3v) is 5.55. The third-order valence-electron chi connectivity index (χ3n) is 3.18. The Morgan fingerprint density at radius 3 is 2.69 bits per heavy atom. The molecule has 1 N–H and O–H groups in total. The second kappa shape index (κ2) is 6.87. The molecule has 0 saturated heterocycles. The van der Waals surface area contributed by atoms with E-state index in [0.717, 1.165) is 32.2 Å². The molecule has 2 unspecified atom stereocenters. The highest BCUT2D eigenvalue weighted by molar-refractivity contribution is 7.98. The molecule has 1 aliphatic rings. The van der Waals surface area contributed by atoms with Crippen molar-refractivity contribution in [3.63, 3.8) is 0 Å². The van der Waals surface area contributed by atoms with Crippen LogP contribution in [0.2, 0.25) is 0 Å². The van der Waals surface area contributed by atoms with E-state index in [4.69, 9.17) is 0 Å². The molecule has 0 spiro atoms. The Balaban J connectivity index is 2.26. The molecule has 5 heteroatoms. The van der Waals surface area contributed by atoms with Crippen LogP contribution in [0.1, 0.15) is 32.1 Å². The van der Waals surface area contributed by atoms with E-state index < -0.39 is 9.84 Å². The molecule has 0 amide bonds. The lowest BCUT2D eigenvalue weighted by atomic mass is 10.2. The smallest absolute Gasteiger partial charge is 0.151 e. The Labute approximate surface area is 104 Å². The van der Waals surface area contributed by atoms with Crippen LogP contribution in [0.4, 0.5) is 0 Å². The lowest BCUT2D eigenvalue weighted by molar-refractivity contribution is 0.500. The van der Waals surface area contributed by atoms with Gasteiger partial charge in [0.25, 0.3) is 0 Å². The van der Waals surface area contributed by atoms with Crippen molar-refractivity contribution in [3.8, 4) is 0 Å². The number of unbranched alkanes of at least 4 members (excludes halogenated alkanes) is 1. The number of rotatable bonds is 7. The number of hydrogen-bond donors (Lipinski definition) is 1. The number of sulfone groups is 1. The Bertz CT molecular complexity index is 290. The molecule has 16 heavy (non-hydrogen) atoms. The van der Waals surface area contributed by atoms with Crippen molar-refractivity contribution in [3.05, 3.63) is 0 Å². The van der Waals surface area contributed by atoms with Gasteiger partial charge < -0.3 is 5.32 Å². The summed E-state index contributed by atoms with van der Waals surface area (Å²) in [7, 11) is -2.87. The molecule has 1 fully saturated rings. The minimum Gasteiger partial charge on any atom is -0.313 e. The van der Waals surface area contributed by atoms with E-state index in [2.05, 4.69) is 11.6 Å². The molecule has 96 valence electrons. The van der Waals surface area contributed by atoms with Crippen LogP contribution in [0.25, 0.3) is 0 Å². The van der Waals surface area contributed by atoms with Gasteiger partial charge in [-0.15, -0.1) is 0 Å². The van der Waals surface area contributed by atoms with Crippen LogP contribution in [0.3, 0.4) is 0 Å². The van der Waals surface area contributed by atoms with Crippen molar-refractivity contribution in [1.29, 1.82) is 0 Å². The summed E-state index contributed by atoms with van der Waals surface area (Å²) in [4.78, 5) is 0. The van der Waals surface area contributed by atoms with Crippen LogP contribution >= 0.6 is 11.8 Å². The van der Waals surface area contributed by atoms with Gasteiger partial charge >= 0.3 is 0 Å². The maximum absolute atomic E-state index is 11.5. The van der Waals surface area contributed by atoms with Crippen molar-refractivity contribution < 1.29 is 8.42 Å². The minimum absolute atomic E-state index is 0.145. The molecule has 0 aromatic heterocycles. The average molecular weight is 265 g/mol. The van der Waals surface area contributed by atoms with Crippen LogP contribution < -0.4 is 5.32 Å². The Kier molecular flexibility index (Phi) is 6.15. The van der Waals surface area contributed by atoms with E-state index in [0.29, 0.717) is 0 Å². The zero-order valence-corrected chi connectivity index (χ0v) is 11.9. The lowest BCUT2D eigenvalue weighted by Crippen LogP contribution is -2.40. The molecule has 0 aromatic rings. The fourth-order valence-corrected chi connectivity index (χ4v) is 4.25. The monoisotopic (exact) mass is 265 g/mol. The van der Waals surface area contributed by atoms with E-state index >= 15 is 0 Å². The Hall–Kier alpha value is 0.260. The summed E-state index contributed by atoms with van der Waals surface area (Å²) in [6.07, 6.45) is 8.73. The Morgan fingerprint density at radius 2 is 2.06 bits per heavy atom. The summed E-state index contributed by atoms with van der Waals surface area (Å²) in [5, 5.41) is 3.26. The van der Waals surface area contributed by atoms with Gasteiger partial charge in [0.05, 0.1) is 5.25 Å². The topological polar surface area (TPSA) is 46.2 Å². The summed E-state index contributed by atoms with van der Waals surface area (Å²) >= 11 is 1.87. The molecule has 0 aromatic carbocycles. The van der Waals surface area contributed by atoms with Crippen LogP contribution in [0.5, 0.6) is 0 Å². The molecule has 0 heterocycles. The zero-order chi connectivity index (χ0) is 12.0. The quantitative estimate of drug-likeness (QED) is 0.712. The minimum atomic E-state index is -2.87. The van der Waals surface area contributed by atoms with Gasteiger partial charge in [0.1, 0.15) is 0 Å². The summed E-state index contributed by atoms with van der Waals surface area (Å²) in [5.41, 5.74) is 0. The van der Waals surface area contributed by atoms with Gasteiger partial charge in [-0.3, -0.25) is 0 Å². The maximum Gasteiger partial charge on any atom is 0.151 e. The molecule has 0 aliphatic heterocycles. The van der Waals surface area contributed by atoms with E-state index in [1.54, 1.807) is 0 Å². The van der Waals surface area contributed by atoms with Gasteiger partial charge in [-0.2, -0.15) is 11.8 Å². The fourth-order valence-electron chi connectivity index (χ4n) is 2.33.